The number of ketones is 1. The monoisotopic (exact) mass is 343 g/mol. The Morgan fingerprint density at radius 3 is 2.39 bits per heavy atom. The molecule has 0 radical (unpaired) electrons. The zero-order chi connectivity index (χ0) is 17.0. The molecule has 0 bridgehead atoms. The fraction of sp³-hybridized carbons (Fsp3) is 0.333. The van der Waals surface area contributed by atoms with Gasteiger partial charge in [0.05, 0.1) is 5.41 Å². The van der Waals surface area contributed by atoms with Crippen molar-refractivity contribution in [2.75, 3.05) is 0 Å². The Morgan fingerprint density at radius 1 is 1.26 bits per heavy atom. The average molecular weight is 344 g/mol. The predicted molar refractivity (Wildman–Crippen MR) is 80.2 cm³/mol. The number of Topliss-reactive ketones (excluding diaryl/α,β-unsaturated/α-hetero) is 1. The molecule has 1 fully saturated rings. The van der Waals surface area contributed by atoms with Gasteiger partial charge in [-0.2, -0.15) is 18.3 Å². The summed E-state index contributed by atoms with van der Waals surface area (Å²) in [6.07, 6.45) is -3.94. The van der Waals surface area contributed by atoms with Crippen LogP contribution in [0.3, 0.4) is 0 Å². The van der Waals surface area contributed by atoms with E-state index in [4.69, 9.17) is 23.2 Å². The van der Waals surface area contributed by atoms with Crippen LogP contribution < -0.4 is 11.6 Å². The highest BCUT2D eigenvalue weighted by molar-refractivity contribution is 6.32. The number of hydrogen-bond acceptors (Lipinski definition) is 3. The number of allylic oxidation sites excluding steroid dienone is 1. The highest BCUT2D eigenvalue weighted by Gasteiger charge is 2.64. The molecule has 2 aliphatic rings. The van der Waals surface area contributed by atoms with Crippen molar-refractivity contribution in [3.05, 3.63) is 45.5 Å². The first-order chi connectivity index (χ1) is 10.7. The molecule has 0 unspecified atom stereocenters. The van der Waals surface area contributed by atoms with E-state index >= 15 is 0 Å². The third-order valence-corrected chi connectivity index (χ3v) is 4.67. The molecule has 1 aromatic rings. The highest BCUT2D eigenvalue weighted by Crippen LogP contribution is 2.60. The van der Waals surface area contributed by atoms with Gasteiger partial charge in [0.1, 0.15) is 5.84 Å². The zero-order valence-electron chi connectivity index (χ0n) is 11.9. The van der Waals surface area contributed by atoms with Gasteiger partial charge in [-0.1, -0.05) is 23.7 Å². The van der Waals surface area contributed by atoms with E-state index in [2.05, 4.69) is 5.10 Å². The number of nitrogens with two attached hydrogens (primary N) is 2. The first-order valence-corrected chi connectivity index (χ1v) is 7.26. The molecule has 4 nitrogen and oxygen atoms in total. The minimum Gasteiger partial charge on any atom is -0.382 e. The number of hydrogen-bond donors (Lipinski definition) is 2. The largest absolute Gasteiger partial charge is 0.398 e. The average Bonchev–Trinajstić information content (AvgIpc) is 3.36. The number of alkyl halides is 3. The molecule has 1 saturated carbocycles. The molecule has 122 valence electrons. The molecule has 0 aromatic heterocycles. The third-order valence-electron chi connectivity index (χ3n) is 4.35. The number of rotatable bonds is 4. The molecule has 0 atom stereocenters. The van der Waals surface area contributed by atoms with Crippen molar-refractivity contribution in [3.8, 4) is 0 Å². The lowest BCUT2D eigenvalue weighted by Crippen LogP contribution is -2.29. The maximum absolute atomic E-state index is 13.2. The Kier molecular flexibility index (Phi) is 3.44. The second-order valence-corrected chi connectivity index (χ2v) is 6.16. The summed E-state index contributed by atoms with van der Waals surface area (Å²) in [5.74, 6) is 4.81. The van der Waals surface area contributed by atoms with Crippen molar-refractivity contribution >= 4 is 23.2 Å². The molecule has 0 spiro atoms. The van der Waals surface area contributed by atoms with Gasteiger partial charge in [-0.15, -0.1) is 0 Å². The van der Waals surface area contributed by atoms with Crippen LogP contribution in [-0.2, 0) is 5.41 Å². The molecule has 0 saturated heterocycles. The summed E-state index contributed by atoms with van der Waals surface area (Å²) in [5.41, 5.74) is 4.92. The van der Waals surface area contributed by atoms with Gasteiger partial charge in [-0.3, -0.25) is 4.79 Å². The Labute approximate surface area is 135 Å². The standard InChI is InChI=1S/C15H13ClF3N3O/c16-11-5-7(12(23)8-6-9(8)13(20)22-21)1-2-10(11)14(3-4-14)15(17,18)19/h1-2,5H,3-4,6,21H2,(H2,20,22). The van der Waals surface area contributed by atoms with E-state index in [0.29, 0.717) is 17.6 Å². The molecule has 0 heterocycles. The number of hydrazone groups is 1. The van der Waals surface area contributed by atoms with Gasteiger partial charge in [-0.05, 0) is 24.5 Å². The Hall–Kier alpha value is -2.02. The Balaban J connectivity index is 1.90. The molecule has 8 heteroatoms. The third kappa shape index (κ3) is 2.49. The molecule has 3 rings (SSSR count). The topological polar surface area (TPSA) is 81.5 Å². The summed E-state index contributed by atoms with van der Waals surface area (Å²) < 4.78 is 39.5. The van der Waals surface area contributed by atoms with Gasteiger partial charge >= 0.3 is 6.18 Å². The molecule has 0 aliphatic heterocycles. The maximum atomic E-state index is 13.2. The number of halogens is 4. The van der Waals surface area contributed by atoms with Crippen molar-refractivity contribution in [2.45, 2.75) is 30.9 Å². The van der Waals surface area contributed by atoms with Gasteiger partial charge in [0, 0.05) is 28.2 Å². The second-order valence-electron chi connectivity index (χ2n) is 5.75. The van der Waals surface area contributed by atoms with Gasteiger partial charge in [0.2, 0.25) is 0 Å². The SMILES string of the molecule is NN=C(N)C1=C(C(=O)c2ccc(C3(C(F)(F)F)CC3)c(Cl)c2)C1. The molecule has 4 N–H and O–H groups in total. The summed E-state index contributed by atoms with van der Waals surface area (Å²) in [5, 5.41) is 3.26. The van der Waals surface area contributed by atoms with Crippen molar-refractivity contribution in [1.29, 1.82) is 0 Å². The van der Waals surface area contributed by atoms with Crippen LogP contribution in [0.2, 0.25) is 5.02 Å². The molecule has 0 amide bonds. The summed E-state index contributed by atoms with van der Waals surface area (Å²) in [4.78, 5) is 12.3. The quantitative estimate of drug-likeness (QED) is 0.290. The van der Waals surface area contributed by atoms with Gasteiger partial charge in [0.25, 0.3) is 0 Å². The molecular formula is C15H13ClF3N3O. The van der Waals surface area contributed by atoms with Gasteiger partial charge < -0.3 is 11.6 Å². The lowest BCUT2D eigenvalue weighted by Gasteiger charge is -2.21. The number of nitrogens with zero attached hydrogens (tertiary/aromatic N) is 1. The van der Waals surface area contributed by atoms with Crippen LogP contribution in [0.4, 0.5) is 13.2 Å². The fourth-order valence-corrected chi connectivity index (χ4v) is 3.08. The number of carbonyl (C=O) groups is 1. The summed E-state index contributed by atoms with van der Waals surface area (Å²) in [6.45, 7) is 0. The van der Waals surface area contributed by atoms with E-state index in [0.717, 1.165) is 0 Å². The molecular weight excluding hydrogens is 331 g/mol. The van der Waals surface area contributed by atoms with E-state index in [9.17, 15) is 18.0 Å². The minimum atomic E-state index is -4.35. The van der Waals surface area contributed by atoms with E-state index in [1.165, 1.54) is 18.2 Å². The Morgan fingerprint density at radius 2 is 1.91 bits per heavy atom. The van der Waals surface area contributed by atoms with Crippen LogP contribution in [-0.4, -0.2) is 17.8 Å². The number of amidine groups is 1. The molecule has 23 heavy (non-hydrogen) atoms. The van der Waals surface area contributed by atoms with Crippen LogP contribution in [0.15, 0.2) is 34.4 Å². The highest BCUT2D eigenvalue weighted by atomic mass is 35.5. The number of carbonyl (C=O) groups excluding carboxylic acids is 1. The van der Waals surface area contributed by atoms with Gasteiger partial charge in [0.15, 0.2) is 5.78 Å². The summed E-state index contributed by atoms with van der Waals surface area (Å²) >= 11 is 6.02. The van der Waals surface area contributed by atoms with Crippen LogP contribution >= 0.6 is 11.6 Å². The van der Waals surface area contributed by atoms with Crippen LogP contribution in [0.5, 0.6) is 0 Å². The first-order valence-electron chi connectivity index (χ1n) is 6.88. The smallest absolute Gasteiger partial charge is 0.382 e. The van der Waals surface area contributed by atoms with Crippen LogP contribution in [0.1, 0.15) is 35.2 Å². The fourth-order valence-electron chi connectivity index (χ4n) is 2.72. The predicted octanol–water partition coefficient (Wildman–Crippen LogP) is 3.05. The normalized spacial score (nSPS) is 19.7. The van der Waals surface area contributed by atoms with Crippen molar-refractivity contribution in [2.24, 2.45) is 16.7 Å². The van der Waals surface area contributed by atoms with E-state index in [1.54, 1.807) is 0 Å². The van der Waals surface area contributed by atoms with Gasteiger partial charge in [-0.25, -0.2) is 0 Å². The van der Waals surface area contributed by atoms with Crippen LogP contribution in [0.25, 0.3) is 0 Å². The Bertz CT molecular complexity index is 764. The molecule has 2 aliphatic carbocycles. The van der Waals surface area contributed by atoms with E-state index in [1.807, 2.05) is 0 Å². The molecule has 1 aromatic carbocycles. The lowest BCUT2D eigenvalue weighted by atomic mass is 9.93. The minimum absolute atomic E-state index is 0.0162. The van der Waals surface area contributed by atoms with Crippen LogP contribution in [0, 0.1) is 0 Å². The summed E-state index contributed by atoms with van der Waals surface area (Å²) in [7, 11) is 0. The van der Waals surface area contributed by atoms with Crippen molar-refractivity contribution < 1.29 is 18.0 Å². The van der Waals surface area contributed by atoms with E-state index < -0.39 is 11.6 Å². The first kappa shape index (κ1) is 15.9. The lowest BCUT2D eigenvalue weighted by molar-refractivity contribution is -0.160. The zero-order valence-corrected chi connectivity index (χ0v) is 12.6. The summed E-state index contributed by atoms with van der Waals surface area (Å²) in [6, 6.07) is 3.94. The van der Waals surface area contributed by atoms with E-state index in [-0.39, 0.29) is 40.6 Å². The maximum Gasteiger partial charge on any atom is 0.398 e. The second kappa shape index (κ2) is 4.99. The number of benzene rings is 1. The van der Waals surface area contributed by atoms with Crippen molar-refractivity contribution in [3.63, 3.8) is 0 Å². The van der Waals surface area contributed by atoms with Crippen molar-refractivity contribution in [1.82, 2.24) is 0 Å².